The molecular weight excluding hydrogens is 224 g/mol. The second-order valence-corrected chi connectivity index (χ2v) is 5.95. The van der Waals surface area contributed by atoms with Crippen LogP contribution in [0.1, 0.15) is 38.4 Å². The van der Waals surface area contributed by atoms with E-state index in [1.54, 1.807) is 0 Å². The average Bonchev–Trinajstić information content (AvgIpc) is 3.11. The number of hydrazine groups is 1. The van der Waals surface area contributed by atoms with E-state index in [0.717, 1.165) is 30.7 Å². The van der Waals surface area contributed by atoms with Gasteiger partial charge in [0.1, 0.15) is 5.82 Å². The average molecular weight is 248 g/mol. The van der Waals surface area contributed by atoms with Gasteiger partial charge in [-0.05, 0) is 43.9 Å². The number of nitrogens with two attached hydrogens (primary N) is 1. The monoisotopic (exact) mass is 248 g/mol. The third kappa shape index (κ3) is 2.08. The molecule has 100 valence electrons. The summed E-state index contributed by atoms with van der Waals surface area (Å²) in [4.78, 5) is 4.48. The first-order valence-corrected chi connectivity index (χ1v) is 7.28. The van der Waals surface area contributed by atoms with Gasteiger partial charge in [-0.1, -0.05) is 6.42 Å². The van der Waals surface area contributed by atoms with Crippen molar-refractivity contribution in [1.29, 1.82) is 0 Å². The molecular formula is C14H24N4. The van der Waals surface area contributed by atoms with E-state index >= 15 is 0 Å². The summed E-state index contributed by atoms with van der Waals surface area (Å²) in [5.74, 6) is 9.61. The van der Waals surface area contributed by atoms with Gasteiger partial charge >= 0.3 is 0 Å². The van der Waals surface area contributed by atoms with Crippen LogP contribution in [0.15, 0.2) is 12.4 Å². The van der Waals surface area contributed by atoms with Gasteiger partial charge in [0.2, 0.25) is 0 Å². The van der Waals surface area contributed by atoms with Gasteiger partial charge in [0.05, 0.1) is 0 Å². The van der Waals surface area contributed by atoms with E-state index in [1.165, 1.54) is 31.5 Å². The molecule has 4 atom stereocenters. The molecule has 3 rings (SSSR count). The molecule has 18 heavy (non-hydrogen) atoms. The number of rotatable bonds is 5. The topological polar surface area (TPSA) is 55.9 Å². The highest BCUT2D eigenvalue weighted by Gasteiger charge is 2.42. The van der Waals surface area contributed by atoms with Gasteiger partial charge < -0.3 is 4.57 Å². The van der Waals surface area contributed by atoms with Gasteiger partial charge in [-0.3, -0.25) is 11.3 Å². The highest BCUT2D eigenvalue weighted by atomic mass is 15.2. The lowest BCUT2D eigenvalue weighted by atomic mass is 9.82. The van der Waals surface area contributed by atoms with Crippen LogP contribution in [0, 0.1) is 17.8 Å². The zero-order chi connectivity index (χ0) is 12.5. The summed E-state index contributed by atoms with van der Waals surface area (Å²) in [6, 6.07) is 0.396. The summed E-state index contributed by atoms with van der Waals surface area (Å²) in [5, 5.41) is 0. The van der Waals surface area contributed by atoms with Crippen molar-refractivity contribution in [1.82, 2.24) is 15.0 Å². The SMILES string of the molecule is CCn1ccnc1CC(NN)C1CC2CCC1C2. The van der Waals surface area contributed by atoms with E-state index < -0.39 is 0 Å². The molecule has 0 saturated heterocycles. The Bertz CT molecular complexity index is 400. The van der Waals surface area contributed by atoms with Gasteiger partial charge in [-0.15, -0.1) is 0 Å². The van der Waals surface area contributed by atoms with Crippen LogP contribution in [0.25, 0.3) is 0 Å². The van der Waals surface area contributed by atoms with Crippen LogP contribution in [0.2, 0.25) is 0 Å². The van der Waals surface area contributed by atoms with Crippen molar-refractivity contribution in [3.05, 3.63) is 18.2 Å². The Balaban J connectivity index is 1.69. The molecule has 0 aromatic carbocycles. The Morgan fingerprint density at radius 3 is 3.00 bits per heavy atom. The van der Waals surface area contributed by atoms with Gasteiger partial charge in [0.15, 0.2) is 0 Å². The number of imidazole rings is 1. The Hall–Kier alpha value is -0.870. The van der Waals surface area contributed by atoms with Crippen molar-refractivity contribution in [3.63, 3.8) is 0 Å². The lowest BCUT2D eigenvalue weighted by molar-refractivity contribution is 0.245. The first-order valence-electron chi connectivity index (χ1n) is 7.28. The second kappa shape index (κ2) is 5.02. The molecule has 0 amide bonds. The third-order valence-corrected chi connectivity index (χ3v) is 5.07. The first kappa shape index (κ1) is 12.2. The Morgan fingerprint density at radius 2 is 2.39 bits per heavy atom. The molecule has 2 fully saturated rings. The fourth-order valence-electron chi connectivity index (χ4n) is 4.14. The maximum absolute atomic E-state index is 5.81. The molecule has 1 aromatic rings. The number of nitrogens with zero attached hydrogens (tertiary/aromatic N) is 2. The molecule has 0 spiro atoms. The van der Waals surface area contributed by atoms with E-state index in [0.29, 0.717) is 6.04 Å². The summed E-state index contributed by atoms with van der Waals surface area (Å²) >= 11 is 0. The van der Waals surface area contributed by atoms with Crippen LogP contribution in [0.3, 0.4) is 0 Å². The summed E-state index contributed by atoms with van der Waals surface area (Å²) in [6.07, 6.45) is 10.6. The van der Waals surface area contributed by atoms with E-state index in [1.807, 2.05) is 6.20 Å². The molecule has 4 nitrogen and oxygen atoms in total. The van der Waals surface area contributed by atoms with Crippen molar-refractivity contribution in [2.45, 2.75) is 51.6 Å². The normalized spacial score (nSPS) is 32.0. The predicted octanol–water partition coefficient (Wildman–Crippen LogP) is 1.71. The number of fused-ring (bicyclic) bond motifs is 2. The molecule has 0 aliphatic heterocycles. The maximum Gasteiger partial charge on any atom is 0.110 e. The maximum atomic E-state index is 5.81. The van der Waals surface area contributed by atoms with Crippen molar-refractivity contribution in [3.8, 4) is 0 Å². The third-order valence-electron chi connectivity index (χ3n) is 5.07. The summed E-state index contributed by atoms with van der Waals surface area (Å²) in [7, 11) is 0. The molecule has 2 aliphatic rings. The molecule has 2 saturated carbocycles. The predicted molar refractivity (Wildman–Crippen MR) is 71.7 cm³/mol. The minimum absolute atomic E-state index is 0.396. The molecule has 2 aliphatic carbocycles. The van der Waals surface area contributed by atoms with Crippen LogP contribution in [0.5, 0.6) is 0 Å². The number of nitrogens with one attached hydrogen (secondary N) is 1. The lowest BCUT2D eigenvalue weighted by Crippen LogP contribution is -2.44. The van der Waals surface area contributed by atoms with E-state index in [4.69, 9.17) is 5.84 Å². The number of hydrogen-bond donors (Lipinski definition) is 2. The van der Waals surface area contributed by atoms with Crippen molar-refractivity contribution < 1.29 is 0 Å². The fraction of sp³-hybridized carbons (Fsp3) is 0.786. The Kier molecular flexibility index (Phi) is 3.39. The zero-order valence-corrected chi connectivity index (χ0v) is 11.2. The summed E-state index contributed by atoms with van der Waals surface area (Å²) in [6.45, 7) is 3.15. The van der Waals surface area contributed by atoms with Gasteiger partial charge in [-0.25, -0.2) is 4.98 Å². The standard InChI is InChI=1S/C14H24N4/c1-2-18-6-5-16-14(18)9-13(17-15)12-8-10-3-4-11(12)7-10/h5-6,10-13,17H,2-4,7-9,15H2,1H3. The minimum Gasteiger partial charge on any atom is -0.335 e. The zero-order valence-electron chi connectivity index (χ0n) is 11.2. The van der Waals surface area contributed by atoms with Crippen molar-refractivity contribution in [2.24, 2.45) is 23.6 Å². The van der Waals surface area contributed by atoms with E-state index in [-0.39, 0.29) is 0 Å². The minimum atomic E-state index is 0.396. The molecule has 4 heteroatoms. The Labute approximate surface area is 109 Å². The lowest BCUT2D eigenvalue weighted by Gasteiger charge is -2.30. The Morgan fingerprint density at radius 1 is 1.50 bits per heavy atom. The number of aromatic nitrogens is 2. The van der Waals surface area contributed by atoms with Crippen LogP contribution >= 0.6 is 0 Å². The fourth-order valence-corrected chi connectivity index (χ4v) is 4.14. The van der Waals surface area contributed by atoms with Gasteiger partial charge in [0, 0.05) is 31.4 Å². The molecule has 3 N–H and O–H groups in total. The second-order valence-electron chi connectivity index (χ2n) is 5.95. The smallest absolute Gasteiger partial charge is 0.110 e. The van der Waals surface area contributed by atoms with E-state index in [2.05, 4.69) is 28.1 Å². The summed E-state index contributed by atoms with van der Waals surface area (Å²) in [5.41, 5.74) is 3.07. The van der Waals surface area contributed by atoms with Crippen LogP contribution in [-0.2, 0) is 13.0 Å². The van der Waals surface area contributed by atoms with Crippen LogP contribution in [-0.4, -0.2) is 15.6 Å². The van der Waals surface area contributed by atoms with Crippen LogP contribution in [0.4, 0.5) is 0 Å². The molecule has 1 aromatic heterocycles. The summed E-state index contributed by atoms with van der Waals surface area (Å²) < 4.78 is 2.22. The van der Waals surface area contributed by atoms with Crippen LogP contribution < -0.4 is 11.3 Å². The molecule has 1 heterocycles. The molecule has 0 radical (unpaired) electrons. The van der Waals surface area contributed by atoms with Crippen molar-refractivity contribution >= 4 is 0 Å². The quantitative estimate of drug-likeness (QED) is 0.616. The highest BCUT2D eigenvalue weighted by molar-refractivity contribution is 5.01. The first-order chi connectivity index (χ1) is 8.81. The van der Waals surface area contributed by atoms with Gasteiger partial charge in [-0.2, -0.15) is 0 Å². The van der Waals surface area contributed by atoms with Gasteiger partial charge in [0.25, 0.3) is 0 Å². The molecule has 2 bridgehead atoms. The number of aryl methyl sites for hydroxylation is 1. The molecule has 4 unspecified atom stereocenters. The van der Waals surface area contributed by atoms with E-state index in [9.17, 15) is 0 Å². The highest BCUT2D eigenvalue weighted by Crippen LogP contribution is 2.49. The number of hydrogen-bond acceptors (Lipinski definition) is 3. The largest absolute Gasteiger partial charge is 0.335 e. The van der Waals surface area contributed by atoms with Crippen molar-refractivity contribution in [2.75, 3.05) is 0 Å².